The van der Waals surface area contributed by atoms with E-state index in [2.05, 4.69) is 21.2 Å². The van der Waals surface area contributed by atoms with Crippen LogP contribution in [0.5, 0.6) is 11.5 Å². The molecule has 0 bridgehead atoms. The van der Waals surface area contributed by atoms with Gasteiger partial charge in [0.05, 0.1) is 32.1 Å². The van der Waals surface area contributed by atoms with Crippen molar-refractivity contribution in [3.8, 4) is 11.5 Å². The molecular weight excluding hydrogens is 398 g/mol. The summed E-state index contributed by atoms with van der Waals surface area (Å²) >= 11 is 3.52. The molecule has 0 amide bonds. The van der Waals surface area contributed by atoms with Crippen LogP contribution in [0.15, 0.2) is 40.9 Å². The van der Waals surface area contributed by atoms with Gasteiger partial charge >= 0.3 is 5.97 Å². The van der Waals surface area contributed by atoms with E-state index in [0.29, 0.717) is 12.2 Å². The molecule has 5 nitrogen and oxygen atoms in total. The van der Waals surface area contributed by atoms with Gasteiger partial charge in [-0.05, 0) is 77.7 Å². The Morgan fingerprint density at radius 3 is 2.42 bits per heavy atom. The second-order valence-electron chi connectivity index (χ2n) is 5.82. The molecule has 2 rings (SSSR count). The maximum atomic E-state index is 12.0. The summed E-state index contributed by atoms with van der Waals surface area (Å²) in [5.41, 5.74) is 2.29. The van der Waals surface area contributed by atoms with Gasteiger partial charge in [-0.2, -0.15) is 0 Å². The number of hydrogen-bond acceptors (Lipinski definition) is 5. The van der Waals surface area contributed by atoms with E-state index >= 15 is 0 Å². The fourth-order valence-corrected chi connectivity index (χ4v) is 3.21. The molecule has 0 unspecified atom stereocenters. The molecule has 2 aromatic rings. The van der Waals surface area contributed by atoms with E-state index in [1.807, 2.05) is 43.3 Å². The molecule has 6 heteroatoms. The molecule has 0 spiro atoms. The molecule has 26 heavy (non-hydrogen) atoms. The summed E-state index contributed by atoms with van der Waals surface area (Å²) in [6.45, 7) is 3.31. The molecule has 0 atom stereocenters. The Bertz CT molecular complexity index is 731. The highest BCUT2D eigenvalue weighted by Gasteiger charge is 2.15. The maximum absolute atomic E-state index is 12.0. The number of benzene rings is 2. The molecule has 0 radical (unpaired) electrons. The Balaban J connectivity index is 1.80. The molecule has 0 saturated heterocycles. The molecule has 2 aromatic carbocycles. The van der Waals surface area contributed by atoms with Crippen molar-refractivity contribution in [1.82, 2.24) is 0 Å². The summed E-state index contributed by atoms with van der Waals surface area (Å²) in [4.78, 5) is 12.0. The number of ether oxygens (including phenoxy) is 3. The van der Waals surface area contributed by atoms with Crippen molar-refractivity contribution in [3.63, 3.8) is 0 Å². The van der Waals surface area contributed by atoms with Crippen LogP contribution in [0.1, 0.15) is 28.8 Å². The average Bonchev–Trinajstić information content (AvgIpc) is 2.65. The summed E-state index contributed by atoms with van der Waals surface area (Å²) < 4.78 is 16.6. The van der Waals surface area contributed by atoms with Gasteiger partial charge in [0, 0.05) is 11.0 Å². The highest BCUT2D eigenvalue weighted by molar-refractivity contribution is 9.10. The second-order valence-corrected chi connectivity index (χ2v) is 6.67. The summed E-state index contributed by atoms with van der Waals surface area (Å²) in [7, 11) is 3.03. The molecular formula is C20H24BrNO4. The van der Waals surface area contributed by atoms with Gasteiger partial charge in [-0.1, -0.05) is 0 Å². The number of rotatable bonds is 9. The summed E-state index contributed by atoms with van der Waals surface area (Å²) in [6.07, 6.45) is 1.81. The van der Waals surface area contributed by atoms with Gasteiger partial charge in [0.2, 0.25) is 0 Å². The zero-order valence-electron chi connectivity index (χ0n) is 15.3. The summed E-state index contributed by atoms with van der Waals surface area (Å²) in [6, 6.07) is 11.3. The van der Waals surface area contributed by atoms with Gasteiger partial charge in [0.15, 0.2) is 0 Å². The van der Waals surface area contributed by atoms with Gasteiger partial charge < -0.3 is 19.5 Å². The monoisotopic (exact) mass is 421 g/mol. The van der Waals surface area contributed by atoms with Crippen LogP contribution in [0, 0.1) is 6.92 Å². The Kier molecular flexibility index (Phi) is 7.78. The fourth-order valence-electron chi connectivity index (χ4n) is 2.50. The number of carbonyl (C=O) groups is 1. The van der Waals surface area contributed by atoms with E-state index in [9.17, 15) is 4.79 Å². The van der Waals surface area contributed by atoms with Crippen molar-refractivity contribution in [1.29, 1.82) is 0 Å². The molecule has 0 saturated carbocycles. The third kappa shape index (κ3) is 5.66. The smallest absolute Gasteiger partial charge is 0.340 e. The Labute approximate surface area is 162 Å². The Morgan fingerprint density at radius 2 is 1.77 bits per heavy atom. The van der Waals surface area contributed by atoms with Gasteiger partial charge in [-0.3, -0.25) is 0 Å². The van der Waals surface area contributed by atoms with Gasteiger partial charge in [0.1, 0.15) is 11.5 Å². The van der Waals surface area contributed by atoms with Crippen molar-refractivity contribution in [2.75, 3.05) is 32.7 Å². The quantitative estimate of drug-likeness (QED) is 0.464. The van der Waals surface area contributed by atoms with Crippen molar-refractivity contribution in [2.45, 2.75) is 19.8 Å². The SMILES string of the molecule is COC(=O)c1cc(C)cc(Br)c1NCCCCOc1ccc(OC)cc1. The van der Waals surface area contributed by atoms with Gasteiger partial charge in [-0.15, -0.1) is 0 Å². The average molecular weight is 422 g/mol. The zero-order valence-corrected chi connectivity index (χ0v) is 16.9. The number of halogens is 1. The summed E-state index contributed by atoms with van der Waals surface area (Å²) in [5.74, 6) is 1.29. The minimum Gasteiger partial charge on any atom is -0.497 e. The van der Waals surface area contributed by atoms with E-state index in [-0.39, 0.29) is 5.97 Å². The van der Waals surface area contributed by atoms with Crippen LogP contribution in [0.25, 0.3) is 0 Å². The van der Waals surface area contributed by atoms with Crippen LogP contribution in [-0.2, 0) is 4.74 Å². The van der Waals surface area contributed by atoms with Crippen LogP contribution in [0.3, 0.4) is 0 Å². The first-order valence-electron chi connectivity index (χ1n) is 8.44. The molecule has 0 fully saturated rings. The predicted molar refractivity (Wildman–Crippen MR) is 106 cm³/mol. The van der Waals surface area contributed by atoms with Crippen LogP contribution in [0.2, 0.25) is 0 Å². The van der Waals surface area contributed by atoms with Crippen molar-refractivity contribution < 1.29 is 19.0 Å². The van der Waals surface area contributed by atoms with E-state index in [1.165, 1.54) is 7.11 Å². The number of nitrogens with one attached hydrogen (secondary N) is 1. The molecule has 0 aliphatic heterocycles. The van der Waals surface area contributed by atoms with Crippen LogP contribution in [-0.4, -0.2) is 33.3 Å². The molecule has 0 aliphatic rings. The van der Waals surface area contributed by atoms with Gasteiger partial charge in [-0.25, -0.2) is 4.79 Å². The first-order valence-corrected chi connectivity index (χ1v) is 9.23. The minimum atomic E-state index is -0.347. The highest BCUT2D eigenvalue weighted by atomic mass is 79.9. The topological polar surface area (TPSA) is 56.8 Å². The lowest BCUT2D eigenvalue weighted by Crippen LogP contribution is -2.11. The fraction of sp³-hybridized carbons (Fsp3) is 0.350. The molecule has 0 aromatic heterocycles. The largest absolute Gasteiger partial charge is 0.497 e. The highest BCUT2D eigenvalue weighted by Crippen LogP contribution is 2.29. The Hall–Kier alpha value is -2.21. The first kappa shape index (κ1) is 20.1. The molecule has 140 valence electrons. The van der Waals surface area contributed by atoms with Crippen LogP contribution >= 0.6 is 15.9 Å². The summed E-state index contributed by atoms with van der Waals surface area (Å²) in [5, 5.41) is 3.32. The third-order valence-corrected chi connectivity index (χ3v) is 4.47. The van der Waals surface area contributed by atoms with Crippen molar-refractivity contribution in [3.05, 3.63) is 52.0 Å². The van der Waals surface area contributed by atoms with Crippen molar-refractivity contribution >= 4 is 27.6 Å². The number of methoxy groups -OCH3 is 2. The van der Waals surface area contributed by atoms with Crippen molar-refractivity contribution in [2.24, 2.45) is 0 Å². The lowest BCUT2D eigenvalue weighted by molar-refractivity contribution is 0.0601. The van der Waals surface area contributed by atoms with E-state index < -0.39 is 0 Å². The van der Waals surface area contributed by atoms with E-state index in [1.54, 1.807) is 7.11 Å². The third-order valence-electron chi connectivity index (χ3n) is 3.84. The van der Waals surface area contributed by atoms with Gasteiger partial charge in [0.25, 0.3) is 0 Å². The van der Waals surface area contributed by atoms with Crippen LogP contribution < -0.4 is 14.8 Å². The lowest BCUT2D eigenvalue weighted by Gasteiger charge is -2.14. The lowest BCUT2D eigenvalue weighted by atomic mass is 10.1. The zero-order chi connectivity index (χ0) is 18.9. The number of hydrogen-bond donors (Lipinski definition) is 1. The number of esters is 1. The minimum absolute atomic E-state index is 0.347. The maximum Gasteiger partial charge on any atom is 0.340 e. The molecule has 1 N–H and O–H groups in total. The first-order chi connectivity index (χ1) is 12.5. The molecule has 0 aliphatic carbocycles. The Morgan fingerprint density at radius 1 is 1.08 bits per heavy atom. The second kappa shape index (κ2) is 10.1. The number of unbranched alkanes of at least 4 members (excludes halogenated alkanes) is 1. The van der Waals surface area contributed by atoms with E-state index in [4.69, 9.17) is 14.2 Å². The number of aryl methyl sites for hydroxylation is 1. The van der Waals surface area contributed by atoms with Crippen LogP contribution in [0.4, 0.5) is 5.69 Å². The van der Waals surface area contributed by atoms with E-state index in [0.717, 1.165) is 46.6 Å². The standard InChI is InChI=1S/C20H24BrNO4/c1-14-12-17(20(23)25-3)19(18(21)13-14)22-10-4-5-11-26-16-8-6-15(24-2)7-9-16/h6-9,12-13,22H,4-5,10-11H2,1-3H3. The number of anilines is 1. The predicted octanol–water partition coefficient (Wildman–Crippen LogP) is 4.82. The normalized spacial score (nSPS) is 10.3. The number of carbonyl (C=O) groups excluding carboxylic acids is 1. The molecule has 0 heterocycles.